The molecule has 0 spiro atoms. The molecule has 0 aliphatic heterocycles. The van der Waals surface area contributed by atoms with Gasteiger partial charge in [0.2, 0.25) is 0 Å². The minimum atomic E-state index is 0. The van der Waals surface area contributed by atoms with Crippen LogP contribution in [-0.4, -0.2) is 16.4 Å². The van der Waals surface area contributed by atoms with Crippen molar-refractivity contribution in [1.29, 1.82) is 0 Å². The Kier molecular flexibility index (Phi) is 82600. The van der Waals surface area contributed by atoms with Gasteiger partial charge < -0.3 is 16.4 Å². The Hall–Kier alpha value is -0.251. The van der Waals surface area contributed by atoms with E-state index in [1.54, 1.807) is 0 Å². The Labute approximate surface area is 71.0 Å². The van der Waals surface area contributed by atoms with E-state index in [1.165, 1.54) is 0 Å². The molecule has 0 saturated carbocycles. The maximum Gasteiger partial charge on any atom is 0 e. The van der Waals surface area contributed by atoms with Crippen molar-refractivity contribution in [3.63, 3.8) is 0 Å². The van der Waals surface area contributed by atoms with E-state index in [0.29, 0.717) is 0 Å². The van der Waals surface area contributed by atoms with E-state index in [2.05, 4.69) is 20.0 Å². The summed E-state index contributed by atoms with van der Waals surface area (Å²) in [6.45, 7) is 13.5. The summed E-state index contributed by atoms with van der Waals surface area (Å²) in [5.41, 5.74) is 0. The van der Waals surface area contributed by atoms with Crippen LogP contribution >= 0.6 is 0 Å². The molecule has 0 rings (SSSR count). The third-order valence-electron chi connectivity index (χ3n) is 0. The Bertz CT molecular complexity index is 41.5. The van der Waals surface area contributed by atoms with Crippen molar-refractivity contribution in [1.82, 2.24) is 0 Å². The van der Waals surface area contributed by atoms with Crippen molar-refractivity contribution >= 4 is 0 Å². The first-order chi connectivity index (χ1) is 3.00. The fraction of sp³-hybridized carbons (Fsp3) is 0. The summed E-state index contributed by atoms with van der Waals surface area (Å²) >= 11 is 0. The summed E-state index contributed by atoms with van der Waals surface area (Å²) in [5.74, 6) is 0. The second kappa shape index (κ2) is 8360. The van der Waals surface area contributed by atoms with E-state index in [4.69, 9.17) is 14.0 Å². The maximum absolute atomic E-state index is 7.50. The predicted molar refractivity (Wildman–Crippen MR) is 22.6 cm³/mol. The number of hydrogen-bond donors (Lipinski definition) is 0. The van der Waals surface area contributed by atoms with Gasteiger partial charge in [0, 0.05) is 20.1 Å². The molecule has 0 saturated heterocycles. The van der Waals surface area contributed by atoms with Crippen LogP contribution < -0.4 is 0 Å². The van der Waals surface area contributed by atoms with Crippen molar-refractivity contribution in [2.45, 2.75) is 0 Å². The molecule has 0 bridgehead atoms. The second-order valence-corrected chi connectivity index (χ2v) is 0. The first-order valence-electron chi connectivity index (χ1n) is 0.612. The zero-order chi connectivity index (χ0) is 6.00. The van der Waals surface area contributed by atoms with Crippen LogP contribution in [-0.2, 0) is 34.1 Å². The molecule has 10 heavy (non-hydrogen) atoms. The summed E-state index contributed by atoms with van der Waals surface area (Å²) in [4.78, 5) is 0. The molecule has 1 radical (unpaired) electrons. The summed E-state index contributed by atoms with van der Waals surface area (Å²) in [6.07, 6.45) is 0. The van der Waals surface area contributed by atoms with Crippen molar-refractivity contribution in [2.75, 3.05) is 0 Å². The van der Waals surface area contributed by atoms with Gasteiger partial charge in [-0.05, 0) is 0 Å². The Balaban J connectivity index is -0.00000000225. The van der Waals surface area contributed by atoms with Gasteiger partial charge in [0.25, 0.3) is 0 Å². The predicted octanol–water partition coefficient (Wildman–Crippen LogP) is -2.59. The SMILES string of the molecule is O.O.O.[13C-]#[O+].[13C-]#[O+].[13C-]#[O+].[99Tc]. The Morgan fingerprint density at radius 1 is 0.500 bits per heavy atom. The van der Waals surface area contributed by atoms with Crippen LogP contribution in [0.15, 0.2) is 0 Å². The van der Waals surface area contributed by atoms with Gasteiger partial charge in [-0.2, -0.15) is 0 Å². The monoisotopic (exact) mass is 240 g/mol. The van der Waals surface area contributed by atoms with Gasteiger partial charge in [0.1, 0.15) is 0 Å². The summed E-state index contributed by atoms with van der Waals surface area (Å²) in [7, 11) is 0. The van der Waals surface area contributed by atoms with Crippen LogP contribution in [0.4, 0.5) is 0 Å². The van der Waals surface area contributed by atoms with Crippen LogP contribution in [0, 0.1) is 20.0 Å². The maximum atomic E-state index is 7.50. The van der Waals surface area contributed by atoms with E-state index >= 15 is 0 Å². The fourth-order valence-electron chi connectivity index (χ4n) is 0. The van der Waals surface area contributed by atoms with Gasteiger partial charge >= 0.3 is 33.9 Å². The van der Waals surface area contributed by atoms with Crippen molar-refractivity contribution in [3.05, 3.63) is 20.0 Å². The summed E-state index contributed by atoms with van der Waals surface area (Å²) < 4.78 is 22.5. The van der Waals surface area contributed by atoms with Gasteiger partial charge in [0.05, 0.1) is 0 Å². The molecule has 0 aliphatic rings. The number of rotatable bonds is 0. The molecule has 61 valence electrons. The van der Waals surface area contributed by atoms with Crippen molar-refractivity contribution < 1.29 is 50.5 Å². The van der Waals surface area contributed by atoms with E-state index in [0.717, 1.165) is 0 Å². The Morgan fingerprint density at radius 2 is 0.500 bits per heavy atom. The molecule has 0 aromatic heterocycles. The van der Waals surface area contributed by atoms with Gasteiger partial charge in [-0.3, -0.25) is 0 Å². The molecular formula is C3H6O6Tc. The standard InChI is InChI=1S/3CO.3H2O.Tc/c3*1-2;;;;/h;;;3*1H2;/i3*1+1;;;;1+1. The quantitative estimate of drug-likeness (QED) is 0.247. The fourth-order valence-corrected chi connectivity index (χ4v) is 0. The molecule has 0 amide bonds. The summed E-state index contributed by atoms with van der Waals surface area (Å²) in [6, 6.07) is 0. The van der Waals surface area contributed by atoms with Gasteiger partial charge in [-0.25, -0.2) is 0 Å². The van der Waals surface area contributed by atoms with E-state index < -0.39 is 0 Å². The number of hydrogen-bond acceptors (Lipinski definition) is 0. The smallest absolute Gasteiger partial charge is 0 e. The van der Waals surface area contributed by atoms with E-state index in [9.17, 15) is 0 Å². The molecule has 7 heteroatoms. The first-order valence-corrected chi connectivity index (χ1v) is 0.612. The van der Waals surface area contributed by atoms with Crippen LogP contribution in [0.3, 0.4) is 0 Å². The molecule has 0 aromatic rings. The minimum Gasteiger partial charge on any atom is 0 e. The summed E-state index contributed by atoms with van der Waals surface area (Å²) in [5, 5.41) is 0. The third-order valence-corrected chi connectivity index (χ3v) is 0. The zero-order valence-corrected chi connectivity index (χ0v) is 6.46. The van der Waals surface area contributed by atoms with E-state index in [1.807, 2.05) is 0 Å². The molecule has 0 atom stereocenters. The van der Waals surface area contributed by atoms with Crippen molar-refractivity contribution in [2.24, 2.45) is 0 Å². The van der Waals surface area contributed by atoms with E-state index in [-0.39, 0.29) is 36.5 Å². The van der Waals surface area contributed by atoms with Gasteiger partial charge in [-0.15, -0.1) is 0 Å². The Morgan fingerprint density at radius 3 is 0.500 bits per heavy atom. The third kappa shape index (κ3) is 5620. The molecule has 0 unspecified atom stereocenters. The molecule has 0 heterocycles. The first kappa shape index (κ1) is 98.7. The molecular weight excluding hydrogens is 234 g/mol. The normalized spacial score (nSPS) is 0.600. The van der Waals surface area contributed by atoms with Gasteiger partial charge in [-0.1, -0.05) is 0 Å². The van der Waals surface area contributed by atoms with Gasteiger partial charge in [0.15, 0.2) is 0 Å². The average molecular weight is 240 g/mol. The molecule has 0 aliphatic carbocycles. The van der Waals surface area contributed by atoms with Crippen molar-refractivity contribution in [3.8, 4) is 0 Å². The van der Waals surface area contributed by atoms with Crippen LogP contribution in [0.5, 0.6) is 0 Å². The largest absolute Gasteiger partial charge is 0 e. The van der Waals surface area contributed by atoms with Crippen LogP contribution in [0.25, 0.3) is 0 Å². The topological polar surface area (TPSA) is 154 Å². The zero-order valence-electron chi connectivity index (χ0n) is 4.60. The molecule has 6 nitrogen and oxygen atoms in total. The second-order valence-electron chi connectivity index (χ2n) is 0. The van der Waals surface area contributed by atoms with Crippen LogP contribution in [0.1, 0.15) is 0 Å². The average Bonchev–Trinajstić information content (AvgIpc) is 1.81. The van der Waals surface area contributed by atoms with Crippen LogP contribution in [0.2, 0.25) is 0 Å². The molecule has 6 N–H and O–H groups in total. The minimum absolute atomic E-state index is 0. The molecule has 0 aromatic carbocycles. The molecule has 0 fully saturated rings.